The van der Waals surface area contributed by atoms with E-state index >= 15 is 0 Å². The monoisotopic (exact) mass is 283 g/mol. The molecule has 1 aliphatic carbocycles. The van der Waals surface area contributed by atoms with Crippen molar-refractivity contribution in [1.82, 2.24) is 15.0 Å². The molecule has 5 nitrogen and oxygen atoms in total. The number of aromatic nitrogens is 3. The zero-order valence-corrected chi connectivity index (χ0v) is 12.3. The zero-order valence-electron chi connectivity index (χ0n) is 12.3. The van der Waals surface area contributed by atoms with E-state index < -0.39 is 0 Å². The lowest BCUT2D eigenvalue weighted by atomic mass is 10.3. The summed E-state index contributed by atoms with van der Waals surface area (Å²) in [5.74, 6) is 2.53. The highest BCUT2D eigenvalue weighted by atomic mass is 15.0. The van der Waals surface area contributed by atoms with Crippen molar-refractivity contribution in [1.29, 1.82) is 0 Å². The number of nitrogens with zero attached hydrogens (tertiary/aromatic N) is 3. The van der Waals surface area contributed by atoms with Gasteiger partial charge in [0, 0.05) is 37.0 Å². The van der Waals surface area contributed by atoms with Gasteiger partial charge < -0.3 is 10.6 Å². The highest BCUT2D eigenvalue weighted by Crippen LogP contribution is 2.39. The van der Waals surface area contributed by atoms with Gasteiger partial charge in [-0.15, -0.1) is 0 Å². The SMILES string of the molecule is Cc1ccc(NCCCNc2cc(C3CC3)ncn2)nc1. The fraction of sp³-hybridized carbons (Fsp3) is 0.438. The molecule has 0 aliphatic heterocycles. The number of hydrogen-bond donors (Lipinski definition) is 2. The van der Waals surface area contributed by atoms with Crippen molar-refractivity contribution in [2.45, 2.75) is 32.1 Å². The minimum absolute atomic E-state index is 0.669. The average molecular weight is 283 g/mol. The van der Waals surface area contributed by atoms with Crippen LogP contribution in [0.2, 0.25) is 0 Å². The molecule has 0 amide bonds. The highest BCUT2D eigenvalue weighted by Gasteiger charge is 2.25. The van der Waals surface area contributed by atoms with Gasteiger partial charge in [0.25, 0.3) is 0 Å². The second kappa shape index (κ2) is 6.52. The van der Waals surface area contributed by atoms with Crippen LogP contribution in [0.1, 0.15) is 36.4 Å². The quantitative estimate of drug-likeness (QED) is 0.765. The zero-order chi connectivity index (χ0) is 14.5. The predicted octanol–water partition coefficient (Wildman–Crippen LogP) is 2.97. The van der Waals surface area contributed by atoms with Crippen LogP contribution in [0.25, 0.3) is 0 Å². The normalized spacial score (nSPS) is 14.0. The van der Waals surface area contributed by atoms with Gasteiger partial charge in [-0.1, -0.05) is 6.07 Å². The van der Waals surface area contributed by atoms with Gasteiger partial charge in [-0.2, -0.15) is 0 Å². The topological polar surface area (TPSA) is 62.7 Å². The molecule has 0 spiro atoms. The minimum Gasteiger partial charge on any atom is -0.370 e. The van der Waals surface area contributed by atoms with Gasteiger partial charge in [0.1, 0.15) is 18.0 Å². The summed E-state index contributed by atoms with van der Waals surface area (Å²) in [6, 6.07) is 6.15. The maximum absolute atomic E-state index is 4.32. The molecule has 2 aromatic heterocycles. The third kappa shape index (κ3) is 4.15. The van der Waals surface area contributed by atoms with E-state index in [-0.39, 0.29) is 0 Å². The molecule has 2 heterocycles. The lowest BCUT2D eigenvalue weighted by molar-refractivity contribution is 0.892. The number of anilines is 2. The van der Waals surface area contributed by atoms with Crippen molar-refractivity contribution < 1.29 is 0 Å². The fourth-order valence-corrected chi connectivity index (χ4v) is 2.17. The molecule has 2 aromatic rings. The summed E-state index contributed by atoms with van der Waals surface area (Å²) in [4.78, 5) is 12.9. The van der Waals surface area contributed by atoms with Crippen molar-refractivity contribution in [2.75, 3.05) is 23.7 Å². The Bertz CT molecular complexity index is 577. The van der Waals surface area contributed by atoms with Crippen LogP contribution in [0.4, 0.5) is 11.6 Å². The van der Waals surface area contributed by atoms with Crippen molar-refractivity contribution in [3.05, 3.63) is 42.0 Å². The van der Waals surface area contributed by atoms with E-state index in [1.807, 2.05) is 19.2 Å². The number of pyridine rings is 1. The van der Waals surface area contributed by atoms with Crippen LogP contribution in [-0.4, -0.2) is 28.0 Å². The summed E-state index contributed by atoms with van der Waals surface area (Å²) in [7, 11) is 0. The third-order valence-electron chi connectivity index (χ3n) is 3.56. The number of aryl methyl sites for hydroxylation is 1. The Balaban J connectivity index is 1.38. The summed E-state index contributed by atoms with van der Waals surface area (Å²) < 4.78 is 0. The molecule has 0 bridgehead atoms. The molecule has 0 radical (unpaired) electrons. The average Bonchev–Trinajstić information content (AvgIpc) is 3.34. The van der Waals surface area contributed by atoms with E-state index in [2.05, 4.69) is 37.7 Å². The smallest absolute Gasteiger partial charge is 0.129 e. The molecule has 0 unspecified atom stereocenters. The minimum atomic E-state index is 0.669. The van der Waals surface area contributed by atoms with Crippen molar-refractivity contribution >= 4 is 11.6 Å². The first-order valence-corrected chi connectivity index (χ1v) is 7.53. The number of rotatable bonds is 7. The largest absolute Gasteiger partial charge is 0.370 e. The van der Waals surface area contributed by atoms with E-state index in [0.29, 0.717) is 5.92 Å². The van der Waals surface area contributed by atoms with Crippen LogP contribution in [0, 0.1) is 6.92 Å². The van der Waals surface area contributed by atoms with Gasteiger partial charge in [-0.3, -0.25) is 0 Å². The third-order valence-corrected chi connectivity index (χ3v) is 3.56. The molecule has 1 fully saturated rings. The van der Waals surface area contributed by atoms with E-state index in [4.69, 9.17) is 0 Å². The summed E-state index contributed by atoms with van der Waals surface area (Å²) in [6.45, 7) is 3.82. The fourth-order valence-electron chi connectivity index (χ4n) is 2.17. The molecule has 21 heavy (non-hydrogen) atoms. The van der Waals surface area contributed by atoms with Gasteiger partial charge in [0.2, 0.25) is 0 Å². The van der Waals surface area contributed by atoms with Gasteiger partial charge in [-0.25, -0.2) is 15.0 Å². The van der Waals surface area contributed by atoms with Crippen LogP contribution in [0.5, 0.6) is 0 Å². The molecule has 0 aromatic carbocycles. The first kappa shape index (κ1) is 13.8. The molecular formula is C16H21N5. The Kier molecular flexibility index (Phi) is 4.28. The Morgan fingerprint density at radius 1 is 1.05 bits per heavy atom. The van der Waals surface area contributed by atoms with Crippen molar-refractivity contribution in [3.8, 4) is 0 Å². The summed E-state index contributed by atoms with van der Waals surface area (Å²) >= 11 is 0. The van der Waals surface area contributed by atoms with E-state index in [1.54, 1.807) is 6.33 Å². The lowest BCUT2D eigenvalue weighted by Gasteiger charge is -2.08. The maximum Gasteiger partial charge on any atom is 0.129 e. The van der Waals surface area contributed by atoms with E-state index in [1.165, 1.54) is 24.1 Å². The molecular weight excluding hydrogens is 262 g/mol. The first-order chi connectivity index (χ1) is 10.3. The number of nitrogens with one attached hydrogen (secondary N) is 2. The molecule has 3 rings (SSSR count). The number of hydrogen-bond acceptors (Lipinski definition) is 5. The summed E-state index contributed by atoms with van der Waals surface area (Å²) in [5, 5.41) is 6.67. The Hall–Kier alpha value is -2.17. The molecule has 0 atom stereocenters. The van der Waals surface area contributed by atoms with Gasteiger partial charge in [0.15, 0.2) is 0 Å². The van der Waals surface area contributed by atoms with Gasteiger partial charge in [-0.05, 0) is 37.8 Å². The predicted molar refractivity (Wildman–Crippen MR) is 84.6 cm³/mol. The highest BCUT2D eigenvalue weighted by molar-refractivity contribution is 5.37. The van der Waals surface area contributed by atoms with Gasteiger partial charge >= 0.3 is 0 Å². The standard InChI is InChI=1S/C16H21N5/c1-12-3-6-15(19-10-12)17-7-2-8-18-16-9-14(13-4-5-13)20-11-21-16/h3,6,9-11,13H,2,4-5,7-8H2,1H3,(H,17,19)(H,18,20,21). The molecule has 1 aliphatic rings. The van der Waals surface area contributed by atoms with Crippen LogP contribution in [0.15, 0.2) is 30.7 Å². The van der Waals surface area contributed by atoms with Crippen LogP contribution >= 0.6 is 0 Å². The van der Waals surface area contributed by atoms with Crippen molar-refractivity contribution in [3.63, 3.8) is 0 Å². The molecule has 2 N–H and O–H groups in total. The Morgan fingerprint density at radius 2 is 1.86 bits per heavy atom. The lowest BCUT2D eigenvalue weighted by Crippen LogP contribution is -2.10. The molecule has 1 saturated carbocycles. The second-order valence-corrected chi connectivity index (χ2v) is 5.53. The second-order valence-electron chi connectivity index (χ2n) is 5.53. The first-order valence-electron chi connectivity index (χ1n) is 7.53. The summed E-state index contributed by atoms with van der Waals surface area (Å²) in [5.41, 5.74) is 2.35. The van der Waals surface area contributed by atoms with Gasteiger partial charge in [0.05, 0.1) is 0 Å². The van der Waals surface area contributed by atoms with Crippen LogP contribution < -0.4 is 10.6 Å². The summed E-state index contributed by atoms with van der Waals surface area (Å²) in [6.07, 6.45) is 7.08. The van der Waals surface area contributed by atoms with E-state index in [9.17, 15) is 0 Å². The molecule has 5 heteroatoms. The molecule has 110 valence electrons. The molecule has 0 saturated heterocycles. The Labute approximate surface area is 125 Å². The maximum atomic E-state index is 4.32. The Morgan fingerprint density at radius 3 is 2.57 bits per heavy atom. The van der Waals surface area contributed by atoms with Crippen LogP contribution in [0.3, 0.4) is 0 Å². The van der Waals surface area contributed by atoms with E-state index in [0.717, 1.165) is 31.1 Å². The van der Waals surface area contributed by atoms with Crippen LogP contribution in [-0.2, 0) is 0 Å². The van der Waals surface area contributed by atoms with Crippen molar-refractivity contribution in [2.24, 2.45) is 0 Å².